The van der Waals surface area contributed by atoms with Gasteiger partial charge in [-0.25, -0.2) is 8.42 Å². The Hall–Kier alpha value is -2.92. The fourth-order valence-electron chi connectivity index (χ4n) is 9.50. The Morgan fingerprint density at radius 2 is 1.50 bits per heavy atom. The van der Waals surface area contributed by atoms with Crippen LogP contribution in [0.15, 0.2) is 35.2 Å². The number of nitrogens with two attached hydrogens (primary N) is 1. The number of carbonyl (C=O) groups is 5. The third-order valence-corrected chi connectivity index (χ3v) is 14.7. The van der Waals surface area contributed by atoms with Crippen molar-refractivity contribution in [1.29, 1.82) is 0 Å². The third-order valence-electron chi connectivity index (χ3n) is 12.9. The van der Waals surface area contributed by atoms with Gasteiger partial charge in [-0.15, -0.1) is 0 Å². The van der Waals surface area contributed by atoms with Crippen LogP contribution in [0.25, 0.3) is 0 Å². The average Bonchev–Trinajstić information content (AvgIpc) is 3.19. The van der Waals surface area contributed by atoms with Gasteiger partial charge in [0, 0.05) is 61.6 Å². The number of hydrogen-bond donors (Lipinski definition) is 1. The van der Waals surface area contributed by atoms with E-state index in [9.17, 15) is 32.4 Å². The molecule has 0 radical (unpaired) electrons. The molecule has 2 saturated carbocycles. The van der Waals surface area contributed by atoms with Crippen LogP contribution in [0.3, 0.4) is 0 Å². The van der Waals surface area contributed by atoms with Crippen LogP contribution < -0.4 is 5.73 Å². The van der Waals surface area contributed by atoms with E-state index in [1.54, 1.807) is 35.2 Å². The molecule has 4 fully saturated rings. The summed E-state index contributed by atoms with van der Waals surface area (Å²) in [5.74, 6) is -3.65. The Labute approximate surface area is 298 Å². The van der Waals surface area contributed by atoms with Crippen molar-refractivity contribution in [2.45, 2.75) is 118 Å². The second-order valence-corrected chi connectivity index (χ2v) is 20.5. The number of primary amides is 1. The Morgan fingerprint density at radius 1 is 0.900 bits per heavy atom. The highest BCUT2D eigenvalue weighted by atomic mass is 32.2. The van der Waals surface area contributed by atoms with Crippen LogP contribution in [0.4, 0.5) is 0 Å². The lowest BCUT2D eigenvalue weighted by atomic mass is 9.75. The van der Waals surface area contributed by atoms with E-state index in [0.29, 0.717) is 19.3 Å². The first-order valence-corrected chi connectivity index (χ1v) is 19.7. The van der Waals surface area contributed by atoms with E-state index >= 15 is 0 Å². The summed E-state index contributed by atoms with van der Waals surface area (Å²) in [7, 11) is -3.73. The van der Waals surface area contributed by atoms with Gasteiger partial charge in [-0.1, -0.05) is 92.9 Å². The van der Waals surface area contributed by atoms with Gasteiger partial charge < -0.3 is 10.6 Å². The van der Waals surface area contributed by atoms with Crippen LogP contribution in [0, 0.1) is 44.8 Å². The number of likely N-dealkylation sites (tertiary alicyclic amines) is 1. The van der Waals surface area contributed by atoms with E-state index in [-0.39, 0.29) is 66.2 Å². The molecule has 2 aliphatic carbocycles. The van der Waals surface area contributed by atoms with E-state index in [2.05, 4.69) is 13.8 Å². The van der Waals surface area contributed by atoms with Crippen LogP contribution in [0.2, 0.25) is 0 Å². The predicted octanol–water partition coefficient (Wildman–Crippen LogP) is 5.18. The van der Waals surface area contributed by atoms with Gasteiger partial charge in [0.05, 0.1) is 10.9 Å². The minimum absolute atomic E-state index is 0.0147. The first-order chi connectivity index (χ1) is 23.0. The third kappa shape index (κ3) is 6.61. The SMILES string of the molecule is CC(C)(C)CC(=O)C[C@H](C(=O)N1C[C@]2(C[C@H]1C(=O)CC(CC1CCC1)C(=O)C(N)=O)C(C)(C)C21CN(S(=O)(=O)c2ccccc2)C1)C(C)(C)C. The van der Waals surface area contributed by atoms with Crippen molar-refractivity contribution in [2.75, 3.05) is 19.6 Å². The molecule has 1 aromatic rings. The van der Waals surface area contributed by atoms with E-state index in [4.69, 9.17) is 5.73 Å². The normalized spacial score (nSPS) is 25.8. The molecule has 10 nitrogen and oxygen atoms in total. The molecule has 2 saturated heterocycles. The molecular formula is C39H57N3O7S. The van der Waals surface area contributed by atoms with Crippen molar-refractivity contribution >= 4 is 39.2 Å². The lowest BCUT2D eigenvalue weighted by Gasteiger charge is -2.42. The first kappa shape index (κ1) is 38.3. The summed E-state index contributed by atoms with van der Waals surface area (Å²) in [6.07, 6.45) is 3.83. The van der Waals surface area contributed by atoms with Crippen LogP contribution in [0.5, 0.6) is 0 Å². The molecule has 0 bridgehead atoms. The maximum absolute atomic E-state index is 14.8. The van der Waals surface area contributed by atoms with Crippen molar-refractivity contribution in [3.63, 3.8) is 0 Å². The standard InChI is InChI=1S/C39H57N3O7S/c1-35(2,3)20-27(43)19-29(36(4,5)6)34(47)42-24-38(21-30(42)31(44)18-26(32(45)33(40)46)17-25-13-12-14-25)37(7,8)39(38)22-41(23-39)50(48,49)28-15-10-9-11-16-28/h9-11,15-16,25-26,29-30H,12-14,17-24H2,1-8H3,(H2,40,46)/t26?,29-,30+,38-/m1/s1. The number of sulfonamides is 1. The minimum Gasteiger partial charge on any atom is -0.363 e. The van der Waals surface area contributed by atoms with Crippen molar-refractivity contribution in [1.82, 2.24) is 9.21 Å². The van der Waals surface area contributed by atoms with Gasteiger partial charge in [-0.05, 0) is 47.1 Å². The number of hydrogen-bond acceptors (Lipinski definition) is 7. The Balaban J connectivity index is 1.47. The highest BCUT2D eigenvalue weighted by Crippen LogP contribution is 2.84. The molecule has 2 N–H and O–H groups in total. The van der Waals surface area contributed by atoms with Gasteiger partial charge in [0.15, 0.2) is 5.78 Å². The molecule has 4 aliphatic rings. The quantitative estimate of drug-likeness (QED) is 0.277. The molecule has 2 amide bonds. The Bertz CT molecular complexity index is 1650. The summed E-state index contributed by atoms with van der Waals surface area (Å²) in [5, 5.41) is 0. The average molecular weight is 712 g/mol. The van der Waals surface area contributed by atoms with Gasteiger partial charge >= 0.3 is 0 Å². The smallest absolute Gasteiger partial charge is 0.285 e. The largest absolute Gasteiger partial charge is 0.363 e. The molecule has 50 heavy (non-hydrogen) atoms. The van der Waals surface area contributed by atoms with E-state index < -0.39 is 61.3 Å². The van der Waals surface area contributed by atoms with Crippen LogP contribution >= 0.6 is 0 Å². The van der Waals surface area contributed by atoms with Crippen molar-refractivity contribution in [3.8, 4) is 0 Å². The van der Waals surface area contributed by atoms with Gasteiger partial charge in [-0.2, -0.15) is 4.31 Å². The number of amides is 2. The van der Waals surface area contributed by atoms with Crippen LogP contribution in [-0.2, 0) is 34.0 Å². The van der Waals surface area contributed by atoms with Gasteiger partial charge in [-0.3, -0.25) is 24.0 Å². The molecule has 2 aliphatic heterocycles. The summed E-state index contributed by atoms with van der Waals surface area (Å²) in [6.45, 7) is 16.8. The van der Waals surface area contributed by atoms with Crippen LogP contribution in [-0.4, -0.2) is 72.5 Å². The van der Waals surface area contributed by atoms with E-state index in [0.717, 1.165) is 19.3 Å². The Morgan fingerprint density at radius 3 is 2.00 bits per heavy atom. The molecule has 1 aromatic carbocycles. The number of ketones is 3. The Kier molecular flexibility index (Phi) is 9.91. The molecular weight excluding hydrogens is 655 g/mol. The van der Waals surface area contributed by atoms with E-state index in [1.165, 1.54) is 4.31 Å². The molecule has 2 heterocycles. The number of nitrogens with zero attached hydrogens (tertiary/aromatic N) is 2. The fraction of sp³-hybridized carbons (Fsp3) is 0.718. The molecule has 5 rings (SSSR count). The summed E-state index contributed by atoms with van der Waals surface area (Å²) in [6, 6.07) is 7.46. The molecule has 2 spiro atoms. The lowest BCUT2D eigenvalue weighted by molar-refractivity contribution is -0.147. The second-order valence-electron chi connectivity index (χ2n) is 18.6. The number of benzene rings is 1. The zero-order chi connectivity index (χ0) is 37.2. The van der Waals surface area contributed by atoms with Crippen molar-refractivity contribution in [3.05, 3.63) is 30.3 Å². The van der Waals surface area contributed by atoms with Crippen molar-refractivity contribution < 1.29 is 32.4 Å². The highest BCUT2D eigenvalue weighted by Gasteiger charge is 2.87. The number of fused-ring (bicyclic) bond motifs is 1. The zero-order valence-corrected chi connectivity index (χ0v) is 32.0. The molecule has 1 unspecified atom stereocenters. The van der Waals surface area contributed by atoms with Gasteiger partial charge in [0.2, 0.25) is 21.7 Å². The maximum atomic E-state index is 14.8. The monoisotopic (exact) mass is 711 g/mol. The number of Topliss-reactive ketones (excluding diaryl/α,β-unsaturated/α-hetero) is 3. The molecule has 0 aromatic heterocycles. The summed E-state index contributed by atoms with van der Waals surface area (Å²) < 4.78 is 28.6. The first-order valence-electron chi connectivity index (χ1n) is 18.2. The second kappa shape index (κ2) is 12.9. The summed E-state index contributed by atoms with van der Waals surface area (Å²) in [5.41, 5.74) is 3.21. The summed E-state index contributed by atoms with van der Waals surface area (Å²) in [4.78, 5) is 69.5. The number of carbonyl (C=O) groups excluding carboxylic acids is 5. The van der Waals surface area contributed by atoms with Crippen molar-refractivity contribution in [2.24, 2.45) is 50.6 Å². The van der Waals surface area contributed by atoms with Crippen LogP contribution in [0.1, 0.15) is 107 Å². The lowest BCUT2D eigenvalue weighted by Crippen LogP contribution is -2.55. The maximum Gasteiger partial charge on any atom is 0.285 e. The predicted molar refractivity (Wildman–Crippen MR) is 190 cm³/mol. The summed E-state index contributed by atoms with van der Waals surface area (Å²) >= 11 is 0. The number of rotatable bonds is 13. The fourth-order valence-corrected chi connectivity index (χ4v) is 11.1. The molecule has 11 heteroatoms. The molecule has 276 valence electrons. The topological polar surface area (TPSA) is 152 Å². The van der Waals surface area contributed by atoms with E-state index in [1.807, 2.05) is 41.5 Å². The van der Waals surface area contributed by atoms with Gasteiger partial charge in [0.25, 0.3) is 5.91 Å². The highest BCUT2D eigenvalue weighted by molar-refractivity contribution is 7.89. The van der Waals surface area contributed by atoms with Gasteiger partial charge in [0.1, 0.15) is 5.78 Å². The molecule has 4 atom stereocenters. The minimum atomic E-state index is -3.73. The zero-order valence-electron chi connectivity index (χ0n) is 31.2.